The molecule has 0 atom stereocenters. The van der Waals surface area contributed by atoms with Crippen molar-refractivity contribution in [3.05, 3.63) is 61.6 Å². The molecule has 88 valence electrons. The SMILES string of the molecule is c1cc2ccoc2cn1.c1cc2occc2cn1. The molecule has 0 bridgehead atoms. The van der Waals surface area contributed by atoms with Gasteiger partial charge in [-0.2, -0.15) is 0 Å². The van der Waals surface area contributed by atoms with Crippen molar-refractivity contribution in [1.82, 2.24) is 9.97 Å². The molecule has 0 aromatic carbocycles. The van der Waals surface area contributed by atoms with Crippen molar-refractivity contribution in [2.75, 3.05) is 0 Å². The molecule has 0 amide bonds. The van der Waals surface area contributed by atoms with E-state index in [1.165, 1.54) is 0 Å². The van der Waals surface area contributed by atoms with Crippen LogP contribution in [0.25, 0.3) is 21.9 Å². The van der Waals surface area contributed by atoms with Crippen LogP contribution in [0.1, 0.15) is 0 Å². The summed E-state index contributed by atoms with van der Waals surface area (Å²) in [4.78, 5) is 7.82. The fourth-order valence-electron chi connectivity index (χ4n) is 1.61. The molecular weight excluding hydrogens is 228 g/mol. The maximum absolute atomic E-state index is 5.08. The van der Waals surface area contributed by atoms with E-state index in [2.05, 4.69) is 9.97 Å². The Kier molecular flexibility index (Phi) is 2.75. The molecule has 4 aromatic rings. The number of furan rings is 2. The van der Waals surface area contributed by atoms with Gasteiger partial charge in [-0.3, -0.25) is 9.97 Å². The van der Waals surface area contributed by atoms with Crippen LogP contribution in [0.4, 0.5) is 0 Å². The van der Waals surface area contributed by atoms with E-state index >= 15 is 0 Å². The first-order valence-electron chi connectivity index (χ1n) is 5.48. The molecule has 0 saturated carbocycles. The van der Waals surface area contributed by atoms with Crippen LogP contribution in [0, 0.1) is 0 Å². The summed E-state index contributed by atoms with van der Waals surface area (Å²) in [6.07, 6.45) is 10.3. The van der Waals surface area contributed by atoms with E-state index in [4.69, 9.17) is 8.83 Å². The van der Waals surface area contributed by atoms with E-state index < -0.39 is 0 Å². The zero-order valence-corrected chi connectivity index (χ0v) is 9.48. The number of rotatable bonds is 0. The van der Waals surface area contributed by atoms with E-state index in [0.29, 0.717) is 0 Å². The second-order valence-electron chi connectivity index (χ2n) is 3.67. The van der Waals surface area contributed by atoms with Crippen LogP contribution in [0.5, 0.6) is 0 Å². The molecule has 0 aliphatic rings. The van der Waals surface area contributed by atoms with E-state index in [9.17, 15) is 0 Å². The lowest BCUT2D eigenvalue weighted by Gasteiger charge is -1.80. The summed E-state index contributed by atoms with van der Waals surface area (Å²) in [6.45, 7) is 0. The van der Waals surface area contributed by atoms with E-state index in [1.54, 1.807) is 37.3 Å². The van der Waals surface area contributed by atoms with Gasteiger partial charge >= 0.3 is 0 Å². The molecule has 0 unspecified atom stereocenters. The molecule has 0 aliphatic heterocycles. The van der Waals surface area contributed by atoms with Gasteiger partial charge in [-0.25, -0.2) is 0 Å². The van der Waals surface area contributed by atoms with Crippen LogP contribution in [0.2, 0.25) is 0 Å². The first-order chi connectivity index (χ1) is 8.93. The summed E-state index contributed by atoms with van der Waals surface area (Å²) in [5.74, 6) is 0. The average molecular weight is 238 g/mol. The van der Waals surface area contributed by atoms with Gasteiger partial charge in [0, 0.05) is 29.4 Å². The van der Waals surface area contributed by atoms with E-state index in [0.717, 1.165) is 21.9 Å². The zero-order chi connectivity index (χ0) is 12.2. The Morgan fingerprint density at radius 3 is 2.22 bits per heavy atom. The van der Waals surface area contributed by atoms with Gasteiger partial charge in [0.1, 0.15) is 5.58 Å². The number of aromatic nitrogens is 2. The molecule has 0 saturated heterocycles. The minimum Gasteiger partial charge on any atom is -0.464 e. The summed E-state index contributed by atoms with van der Waals surface area (Å²) in [6, 6.07) is 7.56. The Hall–Kier alpha value is -2.62. The second kappa shape index (κ2) is 4.71. The van der Waals surface area contributed by atoms with Crippen molar-refractivity contribution in [3.8, 4) is 0 Å². The molecule has 0 aliphatic carbocycles. The van der Waals surface area contributed by atoms with E-state index in [-0.39, 0.29) is 0 Å². The normalized spacial score (nSPS) is 10.2. The van der Waals surface area contributed by atoms with Crippen LogP contribution in [0.3, 0.4) is 0 Å². The molecule has 0 fully saturated rings. The lowest BCUT2D eigenvalue weighted by atomic mass is 10.3. The van der Waals surface area contributed by atoms with Gasteiger partial charge in [0.15, 0.2) is 5.58 Å². The lowest BCUT2D eigenvalue weighted by molar-refractivity contribution is 0.614. The lowest BCUT2D eigenvalue weighted by Crippen LogP contribution is -1.65. The number of hydrogen-bond acceptors (Lipinski definition) is 4. The van der Waals surface area contributed by atoms with Crippen LogP contribution in [0.15, 0.2) is 70.4 Å². The molecule has 4 heteroatoms. The Bertz CT molecular complexity index is 632. The van der Waals surface area contributed by atoms with Crippen molar-refractivity contribution in [2.24, 2.45) is 0 Å². The number of hydrogen-bond donors (Lipinski definition) is 0. The Balaban J connectivity index is 0.000000111. The van der Waals surface area contributed by atoms with Crippen molar-refractivity contribution < 1.29 is 8.83 Å². The second-order valence-corrected chi connectivity index (χ2v) is 3.67. The molecule has 18 heavy (non-hydrogen) atoms. The predicted molar refractivity (Wildman–Crippen MR) is 68.0 cm³/mol. The highest BCUT2D eigenvalue weighted by atomic mass is 16.3. The fraction of sp³-hybridized carbons (Fsp3) is 0. The highest BCUT2D eigenvalue weighted by Crippen LogP contribution is 2.11. The van der Waals surface area contributed by atoms with Gasteiger partial charge in [-0.1, -0.05) is 0 Å². The molecule has 0 N–H and O–H groups in total. The monoisotopic (exact) mass is 238 g/mol. The number of pyridine rings is 2. The minimum absolute atomic E-state index is 0.845. The first kappa shape index (κ1) is 10.5. The summed E-state index contributed by atoms with van der Waals surface area (Å²) in [5, 5.41) is 2.16. The van der Waals surface area contributed by atoms with Crippen LogP contribution < -0.4 is 0 Å². The number of fused-ring (bicyclic) bond motifs is 2. The van der Waals surface area contributed by atoms with Gasteiger partial charge < -0.3 is 8.83 Å². The fourth-order valence-corrected chi connectivity index (χ4v) is 1.61. The van der Waals surface area contributed by atoms with Gasteiger partial charge in [0.05, 0.1) is 18.7 Å². The average Bonchev–Trinajstić information content (AvgIpc) is 3.08. The highest BCUT2D eigenvalue weighted by molar-refractivity contribution is 5.75. The summed E-state index contributed by atoms with van der Waals surface area (Å²) >= 11 is 0. The third-order valence-corrected chi connectivity index (χ3v) is 2.51. The van der Waals surface area contributed by atoms with Crippen molar-refractivity contribution >= 4 is 21.9 Å². The Morgan fingerprint density at radius 2 is 1.39 bits per heavy atom. The molecule has 0 radical (unpaired) electrons. The van der Waals surface area contributed by atoms with Gasteiger partial charge in [0.2, 0.25) is 0 Å². The third kappa shape index (κ3) is 2.08. The molecule has 4 aromatic heterocycles. The van der Waals surface area contributed by atoms with Gasteiger partial charge in [-0.15, -0.1) is 0 Å². The van der Waals surface area contributed by atoms with Crippen molar-refractivity contribution in [2.45, 2.75) is 0 Å². The number of nitrogens with zero attached hydrogens (tertiary/aromatic N) is 2. The summed E-state index contributed by atoms with van der Waals surface area (Å²) in [5.41, 5.74) is 1.74. The predicted octanol–water partition coefficient (Wildman–Crippen LogP) is 3.66. The molecular formula is C14H10N2O2. The minimum atomic E-state index is 0.845. The third-order valence-electron chi connectivity index (χ3n) is 2.51. The topological polar surface area (TPSA) is 52.1 Å². The standard InChI is InChI=1S/2C7H5NO/c1-3-8-5-6-2-4-9-7(1)6;1-3-8-5-7-6(1)2-4-9-7/h2*1-5H. The van der Waals surface area contributed by atoms with Gasteiger partial charge in [-0.05, 0) is 24.3 Å². The quantitative estimate of drug-likeness (QED) is 0.469. The maximum Gasteiger partial charge on any atom is 0.152 e. The Labute approximate surface area is 103 Å². The van der Waals surface area contributed by atoms with Crippen LogP contribution in [-0.4, -0.2) is 9.97 Å². The Morgan fingerprint density at radius 1 is 0.667 bits per heavy atom. The van der Waals surface area contributed by atoms with Crippen LogP contribution in [-0.2, 0) is 0 Å². The summed E-state index contributed by atoms with van der Waals surface area (Å²) < 4.78 is 10.1. The molecule has 4 nitrogen and oxygen atoms in total. The first-order valence-corrected chi connectivity index (χ1v) is 5.48. The van der Waals surface area contributed by atoms with Crippen molar-refractivity contribution in [1.29, 1.82) is 0 Å². The van der Waals surface area contributed by atoms with Crippen molar-refractivity contribution in [3.63, 3.8) is 0 Å². The zero-order valence-electron chi connectivity index (χ0n) is 9.48. The van der Waals surface area contributed by atoms with Crippen LogP contribution >= 0.6 is 0 Å². The molecule has 4 rings (SSSR count). The molecule has 4 heterocycles. The molecule has 0 spiro atoms. The van der Waals surface area contributed by atoms with E-state index in [1.807, 2.05) is 24.3 Å². The summed E-state index contributed by atoms with van der Waals surface area (Å²) in [7, 11) is 0. The highest BCUT2D eigenvalue weighted by Gasteiger charge is 1.91. The smallest absolute Gasteiger partial charge is 0.152 e. The maximum atomic E-state index is 5.08. The van der Waals surface area contributed by atoms with Gasteiger partial charge in [0.25, 0.3) is 0 Å². The largest absolute Gasteiger partial charge is 0.464 e.